The minimum Gasteiger partial charge on any atom is -0.465 e. The summed E-state index contributed by atoms with van der Waals surface area (Å²) in [5.41, 5.74) is 1.34. The van der Waals surface area contributed by atoms with Gasteiger partial charge in [0.05, 0.1) is 25.6 Å². The number of aromatic nitrogens is 2. The van der Waals surface area contributed by atoms with Crippen LogP contribution >= 0.6 is 11.6 Å². The van der Waals surface area contributed by atoms with E-state index in [4.69, 9.17) is 20.8 Å². The standard InChI is InChI=1S/C15H23ClO3Si.C3H4N2/c1-15(2,3)20(5,6)19-10-11-7-12(14(17)18-4)9-13(16)8-11;1-2-5-3-4-1/h7-9H,10H2,1-6H3;1-3H,(H,4,5). The zero-order valence-electron chi connectivity index (χ0n) is 15.7. The minimum absolute atomic E-state index is 0.150. The zero-order valence-corrected chi connectivity index (χ0v) is 17.5. The summed E-state index contributed by atoms with van der Waals surface area (Å²) in [6.07, 6.45) is 5.08. The lowest BCUT2D eigenvalue weighted by Crippen LogP contribution is -2.40. The van der Waals surface area contributed by atoms with Crippen molar-refractivity contribution in [1.29, 1.82) is 0 Å². The monoisotopic (exact) mass is 382 g/mol. The number of esters is 1. The van der Waals surface area contributed by atoms with E-state index in [1.807, 2.05) is 6.07 Å². The smallest absolute Gasteiger partial charge is 0.337 e. The second-order valence-electron chi connectivity index (χ2n) is 7.15. The third-order valence-corrected chi connectivity index (χ3v) is 8.89. The fourth-order valence-corrected chi connectivity index (χ4v) is 2.88. The van der Waals surface area contributed by atoms with Crippen molar-refractivity contribution in [3.8, 4) is 0 Å². The fourth-order valence-electron chi connectivity index (χ4n) is 1.66. The quantitative estimate of drug-likeness (QED) is 0.593. The molecule has 1 heterocycles. The summed E-state index contributed by atoms with van der Waals surface area (Å²) in [6, 6.07) is 5.19. The number of methoxy groups -OCH3 is 1. The molecule has 0 aliphatic heterocycles. The van der Waals surface area contributed by atoms with Gasteiger partial charge in [0.25, 0.3) is 0 Å². The predicted molar refractivity (Wildman–Crippen MR) is 103 cm³/mol. The molecule has 0 fully saturated rings. The van der Waals surface area contributed by atoms with Crippen molar-refractivity contribution >= 4 is 25.9 Å². The molecule has 5 nitrogen and oxygen atoms in total. The number of H-pyrrole nitrogens is 1. The lowest BCUT2D eigenvalue weighted by molar-refractivity contribution is 0.0600. The van der Waals surface area contributed by atoms with Gasteiger partial charge in [0.15, 0.2) is 8.32 Å². The number of ether oxygens (including phenoxy) is 1. The van der Waals surface area contributed by atoms with Gasteiger partial charge in [-0.15, -0.1) is 0 Å². The Morgan fingerprint density at radius 3 is 2.40 bits per heavy atom. The second-order valence-corrected chi connectivity index (χ2v) is 12.4. The molecule has 0 bridgehead atoms. The molecule has 138 valence electrons. The van der Waals surface area contributed by atoms with Gasteiger partial charge in [-0.2, -0.15) is 0 Å². The van der Waals surface area contributed by atoms with Gasteiger partial charge >= 0.3 is 5.97 Å². The minimum atomic E-state index is -1.82. The normalized spacial score (nSPS) is 11.5. The second kappa shape index (κ2) is 9.17. The number of imidazole rings is 1. The molecule has 2 aromatic rings. The average molecular weight is 383 g/mol. The molecule has 0 atom stereocenters. The van der Waals surface area contributed by atoms with Gasteiger partial charge in [-0.3, -0.25) is 0 Å². The Morgan fingerprint density at radius 1 is 1.28 bits per heavy atom. The zero-order chi connectivity index (χ0) is 19.1. The summed E-state index contributed by atoms with van der Waals surface area (Å²) in [5.74, 6) is -0.388. The van der Waals surface area contributed by atoms with Gasteiger partial charge in [0, 0.05) is 17.4 Å². The van der Waals surface area contributed by atoms with Crippen LogP contribution in [-0.2, 0) is 15.8 Å². The third-order valence-electron chi connectivity index (χ3n) is 4.19. The number of rotatable bonds is 4. The van der Waals surface area contributed by atoms with Crippen LogP contribution in [0.1, 0.15) is 36.7 Å². The van der Waals surface area contributed by atoms with E-state index in [0.717, 1.165) is 5.56 Å². The molecule has 25 heavy (non-hydrogen) atoms. The van der Waals surface area contributed by atoms with E-state index in [0.29, 0.717) is 17.2 Å². The molecule has 1 N–H and O–H groups in total. The molecule has 0 aliphatic carbocycles. The van der Waals surface area contributed by atoms with E-state index in [1.54, 1.807) is 30.9 Å². The Morgan fingerprint density at radius 2 is 1.96 bits per heavy atom. The lowest BCUT2D eigenvalue weighted by atomic mass is 10.1. The van der Waals surface area contributed by atoms with Crippen LogP contribution in [0, 0.1) is 0 Å². The fraction of sp³-hybridized carbons (Fsp3) is 0.444. The van der Waals surface area contributed by atoms with Gasteiger partial charge < -0.3 is 14.1 Å². The first kappa shape index (κ1) is 21.4. The number of hydrogen-bond acceptors (Lipinski definition) is 4. The highest BCUT2D eigenvalue weighted by Gasteiger charge is 2.37. The molecule has 0 aliphatic rings. The van der Waals surface area contributed by atoms with Crippen molar-refractivity contribution in [2.45, 2.75) is 45.5 Å². The van der Waals surface area contributed by atoms with E-state index >= 15 is 0 Å². The van der Waals surface area contributed by atoms with Crippen LogP contribution in [0.2, 0.25) is 23.2 Å². The molecule has 2 rings (SSSR count). The molecule has 0 saturated carbocycles. The summed E-state index contributed by atoms with van der Waals surface area (Å²) in [7, 11) is -0.461. The summed E-state index contributed by atoms with van der Waals surface area (Å²) in [5, 5.41) is 0.665. The van der Waals surface area contributed by atoms with Crippen molar-refractivity contribution < 1.29 is 14.0 Å². The van der Waals surface area contributed by atoms with Crippen molar-refractivity contribution in [1.82, 2.24) is 9.97 Å². The van der Waals surface area contributed by atoms with Crippen LogP contribution in [0.5, 0.6) is 0 Å². The first-order chi connectivity index (χ1) is 11.6. The number of carbonyl (C=O) groups is 1. The highest BCUT2D eigenvalue weighted by atomic mass is 35.5. The van der Waals surface area contributed by atoms with E-state index in [-0.39, 0.29) is 11.0 Å². The Hall–Kier alpha value is -1.63. The summed E-state index contributed by atoms with van der Waals surface area (Å²) < 4.78 is 10.8. The summed E-state index contributed by atoms with van der Waals surface area (Å²) in [6.45, 7) is 11.4. The topological polar surface area (TPSA) is 64.2 Å². The van der Waals surface area contributed by atoms with Gasteiger partial charge in [0.2, 0.25) is 0 Å². The van der Waals surface area contributed by atoms with Crippen molar-refractivity contribution in [3.63, 3.8) is 0 Å². The Bertz CT molecular complexity index is 650. The van der Waals surface area contributed by atoms with Crippen LogP contribution in [0.4, 0.5) is 0 Å². The molecule has 0 spiro atoms. The highest BCUT2D eigenvalue weighted by Crippen LogP contribution is 2.37. The van der Waals surface area contributed by atoms with Gasteiger partial charge in [-0.25, -0.2) is 9.78 Å². The first-order valence-electron chi connectivity index (χ1n) is 8.01. The van der Waals surface area contributed by atoms with Crippen molar-refractivity contribution in [2.75, 3.05) is 7.11 Å². The Balaban J connectivity index is 0.000000531. The largest absolute Gasteiger partial charge is 0.465 e. The maximum Gasteiger partial charge on any atom is 0.337 e. The SMILES string of the molecule is COC(=O)c1cc(Cl)cc(CO[Si](C)(C)C(C)(C)C)c1.c1c[nH]cn1. The number of nitrogens with one attached hydrogen (secondary N) is 1. The molecule has 1 aromatic carbocycles. The number of hydrogen-bond donors (Lipinski definition) is 1. The van der Waals surface area contributed by atoms with Crippen LogP contribution < -0.4 is 0 Å². The molecular weight excluding hydrogens is 356 g/mol. The lowest BCUT2D eigenvalue weighted by Gasteiger charge is -2.36. The molecule has 7 heteroatoms. The van der Waals surface area contributed by atoms with Crippen LogP contribution in [-0.4, -0.2) is 31.4 Å². The van der Waals surface area contributed by atoms with Gasteiger partial charge in [-0.05, 0) is 41.9 Å². The number of nitrogens with zero attached hydrogens (tertiary/aromatic N) is 1. The molecule has 0 saturated heterocycles. The number of carbonyl (C=O) groups excluding carboxylic acids is 1. The predicted octanol–water partition coefficient (Wildman–Crippen LogP) is 5.06. The Labute approximate surface area is 155 Å². The average Bonchev–Trinajstić information content (AvgIpc) is 3.10. The molecule has 0 unspecified atom stereocenters. The maximum absolute atomic E-state index is 11.6. The van der Waals surface area contributed by atoms with Gasteiger partial charge in [-0.1, -0.05) is 32.4 Å². The first-order valence-corrected chi connectivity index (χ1v) is 11.3. The van der Waals surface area contributed by atoms with Crippen LogP contribution in [0.3, 0.4) is 0 Å². The number of benzene rings is 1. The van der Waals surface area contributed by atoms with Crippen molar-refractivity contribution in [2.24, 2.45) is 0 Å². The molecule has 0 amide bonds. The third kappa shape index (κ3) is 7.02. The maximum atomic E-state index is 11.6. The van der Waals surface area contributed by atoms with Crippen LogP contribution in [0.25, 0.3) is 0 Å². The highest BCUT2D eigenvalue weighted by molar-refractivity contribution is 6.74. The van der Waals surface area contributed by atoms with Gasteiger partial charge in [0.1, 0.15) is 0 Å². The summed E-state index contributed by atoms with van der Waals surface area (Å²) >= 11 is 6.04. The Kier molecular flexibility index (Phi) is 7.85. The van der Waals surface area contributed by atoms with E-state index in [9.17, 15) is 4.79 Å². The number of halogens is 1. The summed E-state index contributed by atoms with van der Waals surface area (Å²) in [4.78, 5) is 18.0. The van der Waals surface area contributed by atoms with E-state index < -0.39 is 8.32 Å². The number of aromatic amines is 1. The molecule has 1 aromatic heterocycles. The molecule has 0 radical (unpaired) electrons. The van der Waals surface area contributed by atoms with E-state index in [1.165, 1.54) is 7.11 Å². The molecular formula is C18H27ClN2O3Si. The van der Waals surface area contributed by atoms with Crippen LogP contribution in [0.15, 0.2) is 36.9 Å². The van der Waals surface area contributed by atoms with E-state index in [2.05, 4.69) is 43.8 Å². The van der Waals surface area contributed by atoms with Crippen molar-refractivity contribution in [3.05, 3.63) is 53.1 Å².